The molecule has 19 heavy (non-hydrogen) atoms. The van der Waals surface area contributed by atoms with Crippen LogP contribution in [-0.4, -0.2) is 22.7 Å². The number of nitrogens with zero attached hydrogens (tertiary/aromatic N) is 2. The summed E-state index contributed by atoms with van der Waals surface area (Å²) in [6, 6.07) is 9.73. The minimum Gasteiger partial charge on any atom is -0.477 e. The van der Waals surface area contributed by atoms with Gasteiger partial charge in [-0.15, -0.1) is 0 Å². The van der Waals surface area contributed by atoms with Gasteiger partial charge in [0.2, 0.25) is 5.88 Å². The molecule has 0 atom stereocenters. The summed E-state index contributed by atoms with van der Waals surface area (Å²) < 4.78 is 7.54. The van der Waals surface area contributed by atoms with E-state index in [1.165, 1.54) is 12.8 Å². The van der Waals surface area contributed by atoms with Gasteiger partial charge >= 0.3 is 0 Å². The van der Waals surface area contributed by atoms with Gasteiger partial charge < -0.3 is 4.74 Å². The van der Waals surface area contributed by atoms with Crippen molar-refractivity contribution >= 4 is 6.29 Å². The zero-order valence-electron chi connectivity index (χ0n) is 10.9. The number of aryl methyl sites for hydroxylation is 1. The van der Waals surface area contributed by atoms with Gasteiger partial charge in [0.05, 0.1) is 23.6 Å². The van der Waals surface area contributed by atoms with Crippen molar-refractivity contribution in [3.05, 3.63) is 41.6 Å². The maximum absolute atomic E-state index is 11.2. The van der Waals surface area contributed by atoms with Crippen LogP contribution < -0.4 is 4.74 Å². The van der Waals surface area contributed by atoms with Gasteiger partial charge in [-0.25, -0.2) is 4.68 Å². The molecule has 4 nitrogen and oxygen atoms in total. The number of para-hydroxylation sites is 1. The molecule has 1 fully saturated rings. The largest absolute Gasteiger partial charge is 0.477 e. The first kappa shape index (κ1) is 12.0. The van der Waals surface area contributed by atoms with Gasteiger partial charge in [-0.3, -0.25) is 4.79 Å². The van der Waals surface area contributed by atoms with E-state index in [1.807, 2.05) is 37.3 Å². The van der Waals surface area contributed by atoms with Crippen LogP contribution in [0.4, 0.5) is 0 Å². The zero-order chi connectivity index (χ0) is 13.2. The highest BCUT2D eigenvalue weighted by atomic mass is 16.5. The molecule has 1 aliphatic rings. The minimum absolute atomic E-state index is 0.546. The Kier molecular flexibility index (Phi) is 3.07. The van der Waals surface area contributed by atoms with Crippen LogP contribution in [0.1, 0.15) is 28.9 Å². The molecule has 1 aromatic carbocycles. The number of ether oxygens (including phenoxy) is 1. The number of rotatable bonds is 5. The van der Waals surface area contributed by atoms with E-state index < -0.39 is 0 Å². The van der Waals surface area contributed by atoms with Gasteiger partial charge in [0.15, 0.2) is 6.29 Å². The summed E-state index contributed by atoms with van der Waals surface area (Å²) in [5.74, 6) is 1.20. The predicted molar refractivity (Wildman–Crippen MR) is 71.9 cm³/mol. The molecule has 0 aliphatic heterocycles. The second kappa shape index (κ2) is 4.88. The van der Waals surface area contributed by atoms with E-state index in [4.69, 9.17) is 4.74 Å². The summed E-state index contributed by atoms with van der Waals surface area (Å²) in [6.45, 7) is 2.49. The van der Waals surface area contributed by atoms with Crippen LogP contribution in [0.2, 0.25) is 0 Å². The van der Waals surface area contributed by atoms with E-state index in [0.29, 0.717) is 29.7 Å². The Morgan fingerprint density at radius 3 is 2.74 bits per heavy atom. The van der Waals surface area contributed by atoms with Crippen molar-refractivity contribution in [2.45, 2.75) is 19.8 Å². The second-order valence-electron chi connectivity index (χ2n) is 4.92. The van der Waals surface area contributed by atoms with Gasteiger partial charge in [-0.2, -0.15) is 5.10 Å². The molecule has 4 heteroatoms. The fraction of sp³-hybridized carbons (Fsp3) is 0.333. The molecule has 1 aromatic heterocycles. The van der Waals surface area contributed by atoms with Crippen molar-refractivity contribution in [3.8, 4) is 11.6 Å². The smallest absolute Gasteiger partial charge is 0.227 e. The zero-order valence-corrected chi connectivity index (χ0v) is 10.9. The van der Waals surface area contributed by atoms with Gasteiger partial charge in [-0.1, -0.05) is 18.2 Å². The van der Waals surface area contributed by atoms with Crippen molar-refractivity contribution in [2.24, 2.45) is 5.92 Å². The highest BCUT2D eigenvalue weighted by Crippen LogP contribution is 2.31. The van der Waals surface area contributed by atoms with E-state index in [9.17, 15) is 4.79 Å². The van der Waals surface area contributed by atoms with Gasteiger partial charge in [0.1, 0.15) is 0 Å². The Balaban J connectivity index is 1.99. The molecule has 1 aliphatic carbocycles. The van der Waals surface area contributed by atoms with Crippen molar-refractivity contribution in [1.29, 1.82) is 0 Å². The van der Waals surface area contributed by atoms with Crippen LogP contribution in [0.25, 0.3) is 5.69 Å². The molecule has 0 spiro atoms. The van der Waals surface area contributed by atoms with Crippen LogP contribution in [0.3, 0.4) is 0 Å². The van der Waals surface area contributed by atoms with Crippen molar-refractivity contribution < 1.29 is 9.53 Å². The molecular formula is C15H16N2O2. The number of hydrogen-bond acceptors (Lipinski definition) is 3. The summed E-state index contributed by atoms with van der Waals surface area (Å²) in [5, 5.41) is 4.41. The Hall–Kier alpha value is -2.10. The maximum atomic E-state index is 11.2. The van der Waals surface area contributed by atoms with E-state index >= 15 is 0 Å². The molecule has 2 aromatic rings. The molecular weight excluding hydrogens is 240 g/mol. The molecule has 0 unspecified atom stereocenters. The Morgan fingerprint density at radius 2 is 2.11 bits per heavy atom. The van der Waals surface area contributed by atoms with Crippen molar-refractivity contribution in [1.82, 2.24) is 9.78 Å². The van der Waals surface area contributed by atoms with Crippen molar-refractivity contribution in [3.63, 3.8) is 0 Å². The first-order valence-corrected chi connectivity index (χ1v) is 6.52. The fourth-order valence-electron chi connectivity index (χ4n) is 2.02. The average Bonchev–Trinajstić information content (AvgIpc) is 3.21. The number of benzene rings is 1. The number of carbonyl (C=O) groups is 1. The van der Waals surface area contributed by atoms with Crippen LogP contribution in [0, 0.1) is 12.8 Å². The Labute approximate surface area is 112 Å². The lowest BCUT2D eigenvalue weighted by Gasteiger charge is -2.09. The molecule has 0 N–H and O–H groups in total. The molecule has 3 rings (SSSR count). The van der Waals surface area contributed by atoms with Crippen LogP contribution in [0.15, 0.2) is 30.3 Å². The molecule has 98 valence electrons. The van der Waals surface area contributed by atoms with E-state index in [1.54, 1.807) is 4.68 Å². The van der Waals surface area contributed by atoms with E-state index in [0.717, 1.165) is 12.0 Å². The van der Waals surface area contributed by atoms with Gasteiger partial charge in [-0.05, 0) is 37.8 Å². The summed E-state index contributed by atoms with van der Waals surface area (Å²) in [6.07, 6.45) is 3.26. The third kappa shape index (κ3) is 2.38. The third-order valence-electron chi connectivity index (χ3n) is 3.33. The summed E-state index contributed by atoms with van der Waals surface area (Å²) in [7, 11) is 0. The van der Waals surface area contributed by atoms with Crippen LogP contribution >= 0.6 is 0 Å². The number of aromatic nitrogens is 2. The van der Waals surface area contributed by atoms with Crippen LogP contribution in [0.5, 0.6) is 5.88 Å². The number of carbonyl (C=O) groups excluding carboxylic acids is 1. The second-order valence-corrected chi connectivity index (χ2v) is 4.92. The van der Waals surface area contributed by atoms with E-state index in [2.05, 4.69) is 5.10 Å². The molecule has 0 bridgehead atoms. The standard InChI is InChI=1S/C15H16N2O2/c1-11-14(9-18)15(19-10-12-7-8-12)17(16-11)13-5-3-2-4-6-13/h2-6,9,12H,7-8,10H2,1H3. The van der Waals surface area contributed by atoms with Gasteiger partial charge in [0, 0.05) is 0 Å². The third-order valence-corrected chi connectivity index (χ3v) is 3.33. The van der Waals surface area contributed by atoms with Gasteiger partial charge in [0.25, 0.3) is 0 Å². The van der Waals surface area contributed by atoms with E-state index in [-0.39, 0.29) is 0 Å². The quantitative estimate of drug-likeness (QED) is 0.773. The molecule has 1 heterocycles. The first-order chi connectivity index (χ1) is 9.29. The maximum Gasteiger partial charge on any atom is 0.227 e. The summed E-state index contributed by atoms with van der Waals surface area (Å²) in [5.41, 5.74) is 2.15. The summed E-state index contributed by atoms with van der Waals surface area (Å²) >= 11 is 0. The average molecular weight is 256 g/mol. The topological polar surface area (TPSA) is 44.1 Å². The Morgan fingerprint density at radius 1 is 1.37 bits per heavy atom. The molecule has 0 amide bonds. The molecule has 0 radical (unpaired) electrons. The SMILES string of the molecule is Cc1nn(-c2ccccc2)c(OCC2CC2)c1C=O. The predicted octanol–water partition coefficient (Wildman–Crippen LogP) is 2.78. The lowest BCUT2D eigenvalue weighted by molar-refractivity contribution is 0.111. The minimum atomic E-state index is 0.546. The lowest BCUT2D eigenvalue weighted by atomic mass is 10.3. The van der Waals surface area contributed by atoms with Crippen LogP contribution in [-0.2, 0) is 0 Å². The summed E-state index contributed by atoms with van der Waals surface area (Å²) in [4.78, 5) is 11.2. The highest BCUT2D eigenvalue weighted by Gasteiger charge is 2.24. The lowest BCUT2D eigenvalue weighted by Crippen LogP contribution is -2.06. The first-order valence-electron chi connectivity index (χ1n) is 6.52. The number of hydrogen-bond donors (Lipinski definition) is 0. The fourth-order valence-corrected chi connectivity index (χ4v) is 2.02. The molecule has 0 saturated heterocycles. The molecule has 1 saturated carbocycles. The Bertz CT molecular complexity index is 586. The highest BCUT2D eigenvalue weighted by molar-refractivity contribution is 5.80. The number of aldehydes is 1. The monoisotopic (exact) mass is 256 g/mol. The normalized spacial score (nSPS) is 14.4. The van der Waals surface area contributed by atoms with Crippen molar-refractivity contribution in [2.75, 3.05) is 6.61 Å².